The number of alkyl halides is 3. The summed E-state index contributed by atoms with van der Waals surface area (Å²) in [5.74, 6) is 0. The van der Waals surface area contributed by atoms with Crippen LogP contribution in [0.25, 0.3) is 0 Å². The molecule has 0 spiro atoms. The molecule has 1 nitrogen and oxygen atoms in total. The lowest BCUT2D eigenvalue weighted by atomic mass is 9.91. The molecule has 0 amide bonds. The van der Waals surface area contributed by atoms with Gasteiger partial charge in [0.05, 0.1) is 5.56 Å². The van der Waals surface area contributed by atoms with Gasteiger partial charge >= 0.3 is 6.18 Å². The second-order valence-corrected chi connectivity index (χ2v) is 4.83. The van der Waals surface area contributed by atoms with Crippen molar-refractivity contribution in [2.45, 2.75) is 25.6 Å². The Morgan fingerprint density at radius 3 is 2.07 bits per heavy atom. The highest BCUT2D eigenvalue weighted by molar-refractivity contribution is 9.10. The average Bonchev–Trinajstić information content (AvgIpc) is 2.00. The van der Waals surface area contributed by atoms with E-state index in [1.165, 1.54) is 6.07 Å². The van der Waals surface area contributed by atoms with Crippen LogP contribution in [0.4, 0.5) is 13.2 Å². The van der Waals surface area contributed by atoms with E-state index >= 15 is 0 Å². The molecule has 0 bridgehead atoms. The minimum absolute atomic E-state index is 0.0956. The van der Waals surface area contributed by atoms with Gasteiger partial charge < -0.3 is 5.73 Å². The summed E-state index contributed by atoms with van der Waals surface area (Å²) in [7, 11) is 0. The van der Waals surface area contributed by atoms with Crippen LogP contribution in [0.2, 0.25) is 0 Å². The third-order valence-corrected chi connectivity index (χ3v) is 2.47. The van der Waals surface area contributed by atoms with Crippen molar-refractivity contribution in [3.63, 3.8) is 0 Å². The molecule has 1 rings (SSSR count). The fourth-order valence-corrected chi connectivity index (χ4v) is 1.67. The normalized spacial score (nSPS) is 13.0. The maximum atomic E-state index is 12.7. The minimum Gasteiger partial charge on any atom is -0.322 e. The van der Waals surface area contributed by atoms with Gasteiger partial charge in [-0.1, -0.05) is 22.0 Å². The summed E-state index contributed by atoms with van der Waals surface area (Å²) >= 11 is 3.01. The quantitative estimate of drug-likeness (QED) is 0.835. The predicted octanol–water partition coefficient (Wildman–Crippen LogP) is 3.66. The van der Waals surface area contributed by atoms with Crippen molar-refractivity contribution in [2.75, 3.05) is 0 Å². The van der Waals surface area contributed by atoms with Crippen molar-refractivity contribution < 1.29 is 13.2 Å². The topological polar surface area (TPSA) is 26.0 Å². The molecule has 0 fully saturated rings. The summed E-state index contributed by atoms with van der Waals surface area (Å²) in [6.45, 7) is 3.09. The van der Waals surface area contributed by atoms with Gasteiger partial charge in [-0.05, 0) is 31.5 Å². The third-order valence-electron chi connectivity index (χ3n) is 1.98. The Kier molecular flexibility index (Phi) is 3.16. The molecule has 0 aliphatic rings. The van der Waals surface area contributed by atoms with Gasteiger partial charge in [0, 0.05) is 10.0 Å². The lowest BCUT2D eigenvalue weighted by molar-refractivity contribution is -0.138. The molecule has 0 aliphatic carbocycles. The summed E-state index contributed by atoms with van der Waals surface area (Å²) in [5.41, 5.74) is 4.09. The lowest BCUT2D eigenvalue weighted by Gasteiger charge is -2.24. The SMILES string of the molecule is CC(C)(N)c1ccc(Br)cc1C(F)(F)F. The van der Waals surface area contributed by atoms with Crippen molar-refractivity contribution in [1.29, 1.82) is 0 Å². The van der Waals surface area contributed by atoms with E-state index in [0.717, 1.165) is 6.07 Å². The van der Waals surface area contributed by atoms with Gasteiger partial charge in [0.25, 0.3) is 0 Å². The van der Waals surface area contributed by atoms with Crippen molar-refractivity contribution in [2.24, 2.45) is 5.73 Å². The molecule has 0 radical (unpaired) electrons. The second-order valence-electron chi connectivity index (χ2n) is 3.91. The number of benzene rings is 1. The van der Waals surface area contributed by atoms with Gasteiger partial charge in [-0.25, -0.2) is 0 Å². The molecule has 15 heavy (non-hydrogen) atoms. The number of hydrogen-bond donors (Lipinski definition) is 1. The molecule has 2 N–H and O–H groups in total. The van der Waals surface area contributed by atoms with E-state index in [1.807, 2.05) is 0 Å². The van der Waals surface area contributed by atoms with Gasteiger partial charge in [-0.3, -0.25) is 0 Å². The van der Waals surface area contributed by atoms with Gasteiger partial charge in [0.1, 0.15) is 0 Å². The Balaban J connectivity index is 3.41. The van der Waals surface area contributed by atoms with Gasteiger partial charge in [-0.2, -0.15) is 13.2 Å². The zero-order chi connectivity index (χ0) is 11.9. The van der Waals surface area contributed by atoms with Crippen molar-refractivity contribution in [3.05, 3.63) is 33.8 Å². The highest BCUT2D eigenvalue weighted by Crippen LogP contribution is 2.37. The molecule has 1 aromatic rings. The van der Waals surface area contributed by atoms with E-state index in [9.17, 15) is 13.2 Å². The van der Waals surface area contributed by atoms with Crippen LogP contribution in [0.15, 0.2) is 22.7 Å². The molecule has 0 saturated heterocycles. The third kappa shape index (κ3) is 2.95. The van der Waals surface area contributed by atoms with Gasteiger partial charge in [0.15, 0.2) is 0 Å². The summed E-state index contributed by atoms with van der Waals surface area (Å²) < 4.78 is 38.4. The van der Waals surface area contributed by atoms with Crippen LogP contribution < -0.4 is 5.73 Å². The van der Waals surface area contributed by atoms with Crippen LogP contribution in [-0.4, -0.2) is 0 Å². The second kappa shape index (κ2) is 3.79. The monoisotopic (exact) mass is 281 g/mol. The van der Waals surface area contributed by atoms with Crippen LogP contribution in [0.1, 0.15) is 25.0 Å². The van der Waals surface area contributed by atoms with Crippen LogP contribution in [0, 0.1) is 0 Å². The molecule has 0 heterocycles. The number of nitrogens with two attached hydrogens (primary N) is 1. The van der Waals surface area contributed by atoms with Crippen LogP contribution in [0.3, 0.4) is 0 Å². The van der Waals surface area contributed by atoms with E-state index in [2.05, 4.69) is 15.9 Å². The average molecular weight is 282 g/mol. The molecule has 0 aromatic heterocycles. The molecule has 0 aliphatic heterocycles. The smallest absolute Gasteiger partial charge is 0.322 e. The summed E-state index contributed by atoms with van der Waals surface area (Å²) in [4.78, 5) is 0. The number of hydrogen-bond acceptors (Lipinski definition) is 1. The summed E-state index contributed by atoms with van der Waals surface area (Å²) in [6, 6.07) is 4.00. The molecule has 1 aromatic carbocycles. The Morgan fingerprint density at radius 1 is 1.13 bits per heavy atom. The minimum atomic E-state index is -4.38. The molecular formula is C10H11BrF3N. The fourth-order valence-electron chi connectivity index (χ4n) is 1.31. The first-order chi connectivity index (χ1) is 6.62. The molecule has 0 unspecified atom stereocenters. The Morgan fingerprint density at radius 2 is 1.67 bits per heavy atom. The summed E-state index contributed by atoms with van der Waals surface area (Å²) in [6.07, 6.45) is -4.38. The van der Waals surface area contributed by atoms with Crippen LogP contribution in [0.5, 0.6) is 0 Å². The van der Waals surface area contributed by atoms with Crippen molar-refractivity contribution in [3.8, 4) is 0 Å². The molecule has 84 valence electrons. The number of rotatable bonds is 1. The zero-order valence-electron chi connectivity index (χ0n) is 8.32. The van der Waals surface area contributed by atoms with Crippen LogP contribution in [-0.2, 0) is 11.7 Å². The first kappa shape index (κ1) is 12.5. The van der Waals surface area contributed by atoms with E-state index in [4.69, 9.17) is 5.73 Å². The maximum absolute atomic E-state index is 12.7. The Hall–Kier alpha value is -0.550. The van der Waals surface area contributed by atoms with Crippen molar-refractivity contribution >= 4 is 15.9 Å². The highest BCUT2D eigenvalue weighted by Gasteiger charge is 2.36. The Labute approximate surface area is 94.6 Å². The lowest BCUT2D eigenvalue weighted by Crippen LogP contribution is -2.31. The van der Waals surface area contributed by atoms with Crippen molar-refractivity contribution in [1.82, 2.24) is 0 Å². The van der Waals surface area contributed by atoms with E-state index in [-0.39, 0.29) is 5.56 Å². The predicted molar refractivity (Wildman–Crippen MR) is 56.4 cm³/mol. The standard InChI is InChI=1S/C10H11BrF3N/c1-9(2,15)7-4-3-6(11)5-8(7)10(12,13)14/h3-5H,15H2,1-2H3. The number of halogens is 4. The molecular weight excluding hydrogens is 271 g/mol. The van der Waals surface area contributed by atoms with Gasteiger partial charge in [0.2, 0.25) is 0 Å². The first-order valence-electron chi connectivity index (χ1n) is 4.28. The van der Waals surface area contributed by atoms with E-state index in [0.29, 0.717) is 4.47 Å². The zero-order valence-corrected chi connectivity index (χ0v) is 9.91. The van der Waals surface area contributed by atoms with Gasteiger partial charge in [-0.15, -0.1) is 0 Å². The molecule has 0 saturated carbocycles. The maximum Gasteiger partial charge on any atom is 0.416 e. The largest absolute Gasteiger partial charge is 0.416 e. The Bertz CT molecular complexity index is 366. The first-order valence-corrected chi connectivity index (χ1v) is 5.08. The fraction of sp³-hybridized carbons (Fsp3) is 0.400. The highest BCUT2D eigenvalue weighted by atomic mass is 79.9. The summed E-state index contributed by atoms with van der Waals surface area (Å²) in [5, 5.41) is 0. The molecule has 0 atom stereocenters. The molecule has 5 heteroatoms. The van der Waals surface area contributed by atoms with E-state index in [1.54, 1.807) is 19.9 Å². The van der Waals surface area contributed by atoms with E-state index < -0.39 is 17.3 Å². The van der Waals surface area contributed by atoms with Crippen LogP contribution >= 0.6 is 15.9 Å².